The Labute approximate surface area is 233 Å². The lowest BCUT2D eigenvalue weighted by Gasteiger charge is -2.26. The van der Waals surface area contributed by atoms with Crippen molar-refractivity contribution in [3.8, 4) is 6.07 Å². The lowest BCUT2D eigenvalue weighted by atomic mass is 10.1. The van der Waals surface area contributed by atoms with E-state index < -0.39 is 22.0 Å². The molecule has 0 amide bonds. The average Bonchev–Trinajstić information content (AvgIpc) is 3.77. The zero-order valence-corrected chi connectivity index (χ0v) is 23.1. The second kappa shape index (κ2) is 11.1. The van der Waals surface area contributed by atoms with Crippen molar-refractivity contribution in [2.24, 2.45) is 5.73 Å². The van der Waals surface area contributed by atoms with E-state index in [0.29, 0.717) is 40.9 Å². The van der Waals surface area contributed by atoms with E-state index in [0.717, 1.165) is 37.2 Å². The number of carbonyl (C=O) groups is 1. The van der Waals surface area contributed by atoms with E-state index in [9.17, 15) is 26.9 Å². The fourth-order valence-electron chi connectivity index (χ4n) is 4.10. The van der Waals surface area contributed by atoms with Crippen LogP contribution in [0.5, 0.6) is 0 Å². The number of hydrogen-bond donors (Lipinski definition) is 4. The van der Waals surface area contributed by atoms with Crippen LogP contribution in [0.25, 0.3) is 5.65 Å². The molecule has 12 nitrogen and oxygen atoms in total. The van der Waals surface area contributed by atoms with E-state index in [2.05, 4.69) is 26.8 Å². The Morgan fingerprint density at radius 1 is 1.32 bits per heavy atom. The molecule has 0 radical (unpaired) electrons. The molecule has 0 aliphatic heterocycles. The molecule has 2 aliphatic rings. The number of anilines is 4. The highest BCUT2D eigenvalue weighted by molar-refractivity contribution is 7.89. The monoisotopic (exact) mass is 594 g/mol. The maximum Gasteiger partial charge on any atom is 0.490 e. The minimum absolute atomic E-state index is 0.0814. The molecule has 0 unspecified atom stereocenters. The van der Waals surface area contributed by atoms with E-state index in [1.807, 2.05) is 36.2 Å². The summed E-state index contributed by atoms with van der Waals surface area (Å²) < 4.78 is 57.7. The highest BCUT2D eigenvalue weighted by atomic mass is 32.2. The van der Waals surface area contributed by atoms with Gasteiger partial charge in [0, 0.05) is 48.9 Å². The first-order chi connectivity index (χ1) is 19.1. The molecular weight excluding hydrogens is 565 g/mol. The predicted molar refractivity (Wildman–Crippen MR) is 146 cm³/mol. The summed E-state index contributed by atoms with van der Waals surface area (Å²) in [7, 11) is -1.31. The fourth-order valence-corrected chi connectivity index (χ4v) is 4.90. The van der Waals surface area contributed by atoms with Crippen LogP contribution in [0.3, 0.4) is 0 Å². The lowest BCUT2D eigenvalue weighted by molar-refractivity contribution is -0.192. The van der Waals surface area contributed by atoms with Crippen LogP contribution in [-0.2, 0) is 20.4 Å². The molecule has 2 saturated carbocycles. The Bertz CT molecular complexity index is 1610. The summed E-state index contributed by atoms with van der Waals surface area (Å²) in [6, 6.07) is 10.0. The topological polar surface area (TPSA) is 179 Å². The number of nitrogens with one attached hydrogen (secondary N) is 2. The number of benzene rings is 1. The van der Waals surface area contributed by atoms with Crippen LogP contribution in [0.15, 0.2) is 30.5 Å². The van der Waals surface area contributed by atoms with Gasteiger partial charge in [0.15, 0.2) is 15.5 Å². The third kappa shape index (κ3) is 7.98. The van der Waals surface area contributed by atoms with Crippen LogP contribution in [0.1, 0.15) is 36.8 Å². The molecule has 0 atom stereocenters. The van der Waals surface area contributed by atoms with Gasteiger partial charge in [-0.05, 0) is 49.4 Å². The second-order valence-corrected chi connectivity index (χ2v) is 12.6. The van der Waals surface area contributed by atoms with Crippen LogP contribution in [-0.4, -0.2) is 71.7 Å². The van der Waals surface area contributed by atoms with Gasteiger partial charge in [-0.15, -0.1) is 0 Å². The Hall–Kier alpha value is -4.10. The highest BCUT2D eigenvalue weighted by Gasteiger charge is 2.39. The molecule has 5 rings (SSSR count). The number of aromatic nitrogens is 3. The summed E-state index contributed by atoms with van der Waals surface area (Å²) in [5.74, 6) is -1.55. The molecule has 41 heavy (non-hydrogen) atoms. The van der Waals surface area contributed by atoms with Crippen molar-refractivity contribution in [2.45, 2.75) is 49.2 Å². The van der Waals surface area contributed by atoms with E-state index in [1.165, 1.54) is 12.5 Å². The third-order valence-electron chi connectivity index (χ3n) is 6.39. The number of halogens is 3. The number of likely N-dealkylation sites (N-methyl/N-ethyl adjacent to an activating group) is 1. The summed E-state index contributed by atoms with van der Waals surface area (Å²) >= 11 is 0. The van der Waals surface area contributed by atoms with Crippen molar-refractivity contribution in [1.82, 2.24) is 14.6 Å². The first kappa shape index (κ1) is 29.9. The maximum atomic E-state index is 12.2. The van der Waals surface area contributed by atoms with Gasteiger partial charge in [0.2, 0.25) is 0 Å². The minimum atomic E-state index is -5.08. The SMILES string of the molecule is CN(CC1(N)CC1)c1ccc(Nc2cc(NC3CC3)n3ncc(C#N)c3n2)cc1CS(C)(=O)=O.O=C(O)C(F)(F)F. The number of nitrogens with zero attached hydrogens (tertiary/aromatic N) is 5. The number of nitrogens with two attached hydrogens (primary N) is 1. The fraction of sp³-hybridized carbons (Fsp3) is 0.440. The van der Waals surface area contributed by atoms with E-state index in [-0.39, 0.29) is 11.3 Å². The molecule has 16 heteroatoms. The third-order valence-corrected chi connectivity index (χ3v) is 7.22. The van der Waals surface area contributed by atoms with Crippen molar-refractivity contribution in [3.63, 3.8) is 0 Å². The van der Waals surface area contributed by atoms with Gasteiger partial charge in [-0.2, -0.15) is 28.0 Å². The summed E-state index contributed by atoms with van der Waals surface area (Å²) in [5.41, 5.74) is 9.18. The first-order valence-corrected chi connectivity index (χ1v) is 14.6. The molecule has 2 heterocycles. The highest BCUT2D eigenvalue weighted by Crippen LogP contribution is 2.36. The Morgan fingerprint density at radius 2 is 1.98 bits per heavy atom. The number of alkyl halides is 3. The molecule has 0 bridgehead atoms. The molecular formula is C25H29F3N8O4S. The summed E-state index contributed by atoms with van der Waals surface area (Å²) in [5, 5.41) is 27.6. The zero-order valence-electron chi connectivity index (χ0n) is 22.2. The smallest absolute Gasteiger partial charge is 0.475 e. The van der Waals surface area contributed by atoms with E-state index in [4.69, 9.17) is 15.6 Å². The van der Waals surface area contributed by atoms with Gasteiger partial charge in [-0.3, -0.25) is 0 Å². The number of sulfone groups is 1. The number of fused-ring (bicyclic) bond motifs is 1. The van der Waals surface area contributed by atoms with Gasteiger partial charge in [0.25, 0.3) is 0 Å². The minimum Gasteiger partial charge on any atom is -0.475 e. The molecule has 2 aromatic heterocycles. The van der Waals surface area contributed by atoms with Crippen molar-refractivity contribution in [3.05, 3.63) is 41.6 Å². The molecule has 2 aliphatic carbocycles. The summed E-state index contributed by atoms with van der Waals surface area (Å²) in [6.45, 7) is 0.670. The maximum absolute atomic E-state index is 12.2. The zero-order chi connectivity index (χ0) is 30.2. The van der Waals surface area contributed by atoms with Gasteiger partial charge in [-0.1, -0.05) is 0 Å². The van der Waals surface area contributed by atoms with Gasteiger partial charge < -0.3 is 26.4 Å². The number of rotatable bonds is 9. The quantitative estimate of drug-likeness (QED) is 0.286. The first-order valence-electron chi connectivity index (χ1n) is 12.5. The molecule has 2 fully saturated rings. The van der Waals surface area contributed by atoms with E-state index >= 15 is 0 Å². The normalized spacial score (nSPS) is 15.8. The van der Waals surface area contributed by atoms with Crippen molar-refractivity contribution < 1.29 is 31.5 Å². The number of nitriles is 1. The van der Waals surface area contributed by atoms with Gasteiger partial charge in [-0.25, -0.2) is 18.2 Å². The predicted octanol–water partition coefficient (Wildman–Crippen LogP) is 3.02. The van der Waals surface area contributed by atoms with Crippen molar-refractivity contribution >= 4 is 44.5 Å². The van der Waals surface area contributed by atoms with Crippen LogP contribution < -0.4 is 21.3 Å². The average molecular weight is 595 g/mol. The van der Waals surface area contributed by atoms with Crippen LogP contribution in [0.4, 0.5) is 36.2 Å². The molecule has 1 aromatic carbocycles. The van der Waals surface area contributed by atoms with Crippen molar-refractivity contribution in [1.29, 1.82) is 5.26 Å². The van der Waals surface area contributed by atoms with Gasteiger partial charge in [0.1, 0.15) is 23.3 Å². The van der Waals surface area contributed by atoms with Crippen molar-refractivity contribution in [2.75, 3.05) is 35.4 Å². The molecule has 0 spiro atoms. The summed E-state index contributed by atoms with van der Waals surface area (Å²) in [4.78, 5) is 15.5. The lowest BCUT2D eigenvalue weighted by Crippen LogP contribution is -2.37. The number of hydrogen-bond acceptors (Lipinski definition) is 10. The number of carboxylic acid groups (broad SMARTS) is 1. The summed E-state index contributed by atoms with van der Waals surface area (Å²) in [6.07, 6.45) is 1.78. The Balaban J connectivity index is 0.000000493. The molecule has 0 saturated heterocycles. The standard InChI is InChI=1S/C23H28N8O2S.C2HF3O2/c1-30(14-23(25)7-8-23)19-6-5-18(9-15(19)13-34(2,32)33)27-20-10-21(28-17-3-4-17)31-22(29-20)16(11-24)12-26-31;3-2(4,5)1(6)7/h5-6,9-10,12,17,28H,3-4,7-8,13-14,25H2,1-2H3,(H,27,29);(H,6,7). The Morgan fingerprint density at radius 3 is 2.51 bits per heavy atom. The van der Waals surface area contributed by atoms with Crippen LogP contribution in [0, 0.1) is 11.3 Å². The largest absolute Gasteiger partial charge is 0.490 e. The van der Waals surface area contributed by atoms with Gasteiger partial charge >= 0.3 is 12.1 Å². The van der Waals surface area contributed by atoms with Crippen LogP contribution in [0.2, 0.25) is 0 Å². The molecule has 3 aromatic rings. The molecule has 5 N–H and O–H groups in total. The van der Waals surface area contributed by atoms with E-state index in [1.54, 1.807) is 4.52 Å². The number of aliphatic carboxylic acids is 1. The number of carboxylic acids is 1. The Kier molecular flexibility index (Phi) is 8.05. The van der Waals surface area contributed by atoms with Crippen LogP contribution >= 0.6 is 0 Å². The molecule has 220 valence electrons. The second-order valence-electron chi connectivity index (χ2n) is 10.4. The van der Waals surface area contributed by atoms with Gasteiger partial charge in [0.05, 0.1) is 11.9 Å².